The molecule has 0 aliphatic carbocycles. The summed E-state index contributed by atoms with van der Waals surface area (Å²) in [7, 11) is 1.27. The molecule has 0 amide bonds. The SMILES string of the molecule is COc1cc(/C=C2\N=C(c3ccccc3OC(F)F)OC2=O)ccc1OC(F)F. The van der Waals surface area contributed by atoms with Crippen LogP contribution in [0.3, 0.4) is 0 Å². The van der Waals surface area contributed by atoms with E-state index in [0.717, 1.165) is 0 Å². The number of rotatable bonds is 7. The van der Waals surface area contributed by atoms with Crippen molar-refractivity contribution in [3.05, 3.63) is 59.3 Å². The van der Waals surface area contributed by atoms with Crippen LogP contribution in [0.25, 0.3) is 6.08 Å². The van der Waals surface area contributed by atoms with Crippen LogP contribution in [0.5, 0.6) is 17.2 Å². The lowest BCUT2D eigenvalue weighted by Gasteiger charge is -2.10. The van der Waals surface area contributed by atoms with Gasteiger partial charge in [-0.3, -0.25) is 0 Å². The molecular weight excluding hydrogens is 398 g/mol. The van der Waals surface area contributed by atoms with Gasteiger partial charge in [-0.05, 0) is 35.9 Å². The monoisotopic (exact) mass is 411 g/mol. The lowest BCUT2D eigenvalue weighted by atomic mass is 10.1. The minimum Gasteiger partial charge on any atom is -0.493 e. The van der Waals surface area contributed by atoms with Crippen LogP contribution >= 0.6 is 0 Å². The number of aliphatic imine (C=N–C) groups is 1. The third-order valence-electron chi connectivity index (χ3n) is 3.66. The summed E-state index contributed by atoms with van der Waals surface area (Å²) in [5, 5.41) is 0. The molecule has 0 aromatic heterocycles. The third kappa shape index (κ3) is 4.84. The predicted molar refractivity (Wildman–Crippen MR) is 93.3 cm³/mol. The molecule has 6 nitrogen and oxygen atoms in total. The number of carbonyl (C=O) groups is 1. The topological polar surface area (TPSA) is 66.3 Å². The molecule has 152 valence electrons. The molecule has 2 aromatic carbocycles. The summed E-state index contributed by atoms with van der Waals surface area (Å²) in [5.74, 6) is -1.39. The fourth-order valence-corrected chi connectivity index (χ4v) is 2.49. The average Bonchev–Trinajstić information content (AvgIpc) is 3.02. The lowest BCUT2D eigenvalue weighted by molar-refractivity contribution is -0.129. The molecule has 0 spiro atoms. The van der Waals surface area contributed by atoms with Gasteiger partial charge in [0.1, 0.15) is 5.75 Å². The van der Waals surface area contributed by atoms with E-state index in [9.17, 15) is 22.4 Å². The summed E-state index contributed by atoms with van der Waals surface area (Å²) in [5.41, 5.74) is 0.330. The fourth-order valence-electron chi connectivity index (χ4n) is 2.49. The van der Waals surface area contributed by atoms with Crippen molar-refractivity contribution in [1.29, 1.82) is 0 Å². The first-order valence-electron chi connectivity index (χ1n) is 8.07. The van der Waals surface area contributed by atoms with Crippen LogP contribution in [0.15, 0.2) is 53.2 Å². The summed E-state index contributed by atoms with van der Waals surface area (Å²) in [4.78, 5) is 16.1. The molecule has 0 bridgehead atoms. The minimum atomic E-state index is -3.06. The summed E-state index contributed by atoms with van der Waals surface area (Å²) in [6.07, 6.45) is 1.32. The number of hydrogen-bond acceptors (Lipinski definition) is 6. The van der Waals surface area contributed by atoms with Crippen LogP contribution in [0.1, 0.15) is 11.1 Å². The van der Waals surface area contributed by atoms with Crippen molar-refractivity contribution < 1.29 is 41.3 Å². The zero-order chi connectivity index (χ0) is 21.0. The van der Waals surface area contributed by atoms with Crippen LogP contribution in [0.4, 0.5) is 17.6 Å². The first-order chi connectivity index (χ1) is 13.9. The van der Waals surface area contributed by atoms with Crippen molar-refractivity contribution in [2.24, 2.45) is 4.99 Å². The second-order valence-electron chi connectivity index (χ2n) is 5.50. The molecule has 1 aliphatic heterocycles. The highest BCUT2D eigenvalue weighted by Crippen LogP contribution is 2.31. The average molecular weight is 411 g/mol. The van der Waals surface area contributed by atoms with Gasteiger partial charge in [0.05, 0.1) is 12.7 Å². The van der Waals surface area contributed by atoms with Gasteiger partial charge in [-0.2, -0.15) is 17.6 Å². The van der Waals surface area contributed by atoms with E-state index in [-0.39, 0.29) is 34.4 Å². The molecule has 29 heavy (non-hydrogen) atoms. The number of halogens is 4. The van der Waals surface area contributed by atoms with Crippen LogP contribution in [-0.2, 0) is 9.53 Å². The normalized spacial score (nSPS) is 14.9. The highest BCUT2D eigenvalue weighted by atomic mass is 19.3. The van der Waals surface area contributed by atoms with E-state index in [2.05, 4.69) is 14.5 Å². The Kier molecular flexibility index (Phi) is 6.01. The Morgan fingerprint density at radius 3 is 2.34 bits per heavy atom. The molecule has 1 aliphatic rings. The summed E-state index contributed by atoms with van der Waals surface area (Å²) in [6, 6.07) is 9.72. The van der Waals surface area contributed by atoms with Gasteiger partial charge in [-0.25, -0.2) is 9.79 Å². The van der Waals surface area contributed by atoms with Crippen LogP contribution in [-0.4, -0.2) is 32.2 Å². The smallest absolute Gasteiger partial charge is 0.387 e. The number of ether oxygens (including phenoxy) is 4. The van der Waals surface area contributed by atoms with Crippen molar-refractivity contribution in [3.8, 4) is 17.2 Å². The first-order valence-corrected chi connectivity index (χ1v) is 8.07. The summed E-state index contributed by atoms with van der Waals surface area (Å²) < 4.78 is 68.7. The van der Waals surface area contributed by atoms with Crippen LogP contribution < -0.4 is 14.2 Å². The summed E-state index contributed by atoms with van der Waals surface area (Å²) in [6.45, 7) is -6.09. The minimum absolute atomic E-state index is 0.0193. The van der Waals surface area contributed by atoms with Crippen LogP contribution in [0.2, 0.25) is 0 Å². The number of carbonyl (C=O) groups excluding carboxylic acids is 1. The van der Waals surface area contributed by atoms with Crippen molar-refractivity contribution >= 4 is 17.9 Å². The van der Waals surface area contributed by atoms with Crippen molar-refractivity contribution in [1.82, 2.24) is 0 Å². The molecule has 0 saturated carbocycles. The Labute approximate surface area is 162 Å². The van der Waals surface area contributed by atoms with E-state index in [4.69, 9.17) is 9.47 Å². The predicted octanol–water partition coefficient (Wildman–Crippen LogP) is 4.24. The number of alkyl halides is 4. The quantitative estimate of drug-likeness (QED) is 0.387. The highest BCUT2D eigenvalue weighted by molar-refractivity contribution is 6.13. The standard InChI is InChI=1S/C19H13F4NO5/c1-26-15-9-10(6-7-14(15)28-19(22)23)8-12-17(25)29-16(24-12)11-4-2-3-5-13(11)27-18(20)21/h2-9,18-19H,1H3/b12-8-. The van der Waals surface area contributed by atoms with E-state index in [1.165, 1.54) is 49.6 Å². The van der Waals surface area contributed by atoms with Gasteiger partial charge in [0.25, 0.3) is 0 Å². The second kappa shape index (κ2) is 8.63. The number of para-hydroxylation sites is 1. The van der Waals surface area contributed by atoms with Gasteiger partial charge >= 0.3 is 19.2 Å². The molecule has 0 saturated heterocycles. The molecular formula is C19H13F4NO5. The van der Waals surface area contributed by atoms with Gasteiger partial charge in [0.15, 0.2) is 17.2 Å². The number of cyclic esters (lactones) is 1. The van der Waals surface area contributed by atoms with Crippen molar-refractivity contribution in [2.75, 3.05) is 7.11 Å². The fraction of sp³-hybridized carbons (Fsp3) is 0.158. The van der Waals surface area contributed by atoms with Crippen molar-refractivity contribution in [3.63, 3.8) is 0 Å². The Morgan fingerprint density at radius 2 is 1.66 bits per heavy atom. The Hall–Kier alpha value is -3.56. The molecule has 2 aromatic rings. The van der Waals surface area contributed by atoms with Gasteiger partial charge in [0, 0.05) is 0 Å². The maximum absolute atomic E-state index is 12.6. The number of nitrogens with zero attached hydrogens (tertiary/aromatic N) is 1. The van der Waals surface area contributed by atoms with Gasteiger partial charge < -0.3 is 18.9 Å². The van der Waals surface area contributed by atoms with E-state index in [0.29, 0.717) is 5.56 Å². The zero-order valence-electron chi connectivity index (χ0n) is 14.8. The molecule has 0 unspecified atom stereocenters. The van der Waals surface area contributed by atoms with Gasteiger partial charge in [-0.15, -0.1) is 0 Å². The number of benzene rings is 2. The first kappa shape index (κ1) is 20.2. The van der Waals surface area contributed by atoms with E-state index in [1.807, 2.05) is 0 Å². The molecule has 3 rings (SSSR count). The maximum atomic E-state index is 12.6. The maximum Gasteiger partial charge on any atom is 0.387 e. The van der Waals surface area contributed by atoms with Gasteiger partial charge in [-0.1, -0.05) is 18.2 Å². The third-order valence-corrected chi connectivity index (χ3v) is 3.66. The second-order valence-corrected chi connectivity index (χ2v) is 5.50. The highest BCUT2D eigenvalue weighted by Gasteiger charge is 2.27. The Balaban J connectivity index is 1.92. The number of methoxy groups -OCH3 is 1. The number of hydrogen-bond donors (Lipinski definition) is 0. The molecule has 0 atom stereocenters. The lowest BCUT2D eigenvalue weighted by Crippen LogP contribution is -2.10. The Bertz CT molecular complexity index is 975. The van der Waals surface area contributed by atoms with Crippen molar-refractivity contribution in [2.45, 2.75) is 13.2 Å². The molecule has 0 radical (unpaired) electrons. The largest absolute Gasteiger partial charge is 0.493 e. The molecule has 0 N–H and O–H groups in total. The van der Waals surface area contributed by atoms with E-state index in [1.54, 1.807) is 6.07 Å². The zero-order valence-corrected chi connectivity index (χ0v) is 14.8. The molecule has 0 fully saturated rings. The van der Waals surface area contributed by atoms with Gasteiger partial charge in [0.2, 0.25) is 5.90 Å². The summed E-state index contributed by atoms with van der Waals surface area (Å²) >= 11 is 0. The molecule has 1 heterocycles. The van der Waals surface area contributed by atoms with Crippen LogP contribution in [0, 0.1) is 0 Å². The number of esters is 1. The van der Waals surface area contributed by atoms with E-state index < -0.39 is 19.2 Å². The van der Waals surface area contributed by atoms with E-state index >= 15 is 0 Å². The molecule has 10 heteroatoms. The Morgan fingerprint density at radius 1 is 0.966 bits per heavy atom.